The number of rotatable bonds is 4. The van der Waals surface area contributed by atoms with Crippen LogP contribution in [0.3, 0.4) is 0 Å². The molecule has 0 atom stereocenters. The molecular formula is C12H15F2NO. The van der Waals surface area contributed by atoms with E-state index in [4.69, 9.17) is 0 Å². The highest BCUT2D eigenvalue weighted by Gasteiger charge is 2.26. The van der Waals surface area contributed by atoms with E-state index in [0.29, 0.717) is 0 Å². The minimum absolute atomic E-state index is 0.0910. The van der Waals surface area contributed by atoms with Crippen LogP contribution in [0.15, 0.2) is 18.2 Å². The van der Waals surface area contributed by atoms with Crippen molar-refractivity contribution in [2.45, 2.75) is 25.8 Å². The molecule has 2 nitrogen and oxygen atoms in total. The maximum atomic E-state index is 13.3. The predicted octanol–water partition coefficient (Wildman–Crippen LogP) is 2.07. The zero-order valence-corrected chi connectivity index (χ0v) is 9.60. The first-order valence-corrected chi connectivity index (χ1v) is 5.03. The van der Waals surface area contributed by atoms with Gasteiger partial charge in [-0.1, -0.05) is 12.1 Å². The van der Waals surface area contributed by atoms with Crippen molar-refractivity contribution in [3.05, 3.63) is 35.4 Å². The first-order chi connectivity index (χ1) is 7.38. The average Bonchev–Trinajstić information content (AvgIpc) is 2.24. The number of nitrogens with one attached hydrogen (secondary N) is 1. The highest BCUT2D eigenvalue weighted by Crippen LogP contribution is 2.15. The SMILES string of the molecule is CNC(C)(C)C(=O)Cc1cccc(F)c1F. The lowest BCUT2D eigenvalue weighted by atomic mass is 9.93. The third-order valence-electron chi connectivity index (χ3n) is 2.70. The van der Waals surface area contributed by atoms with E-state index in [1.807, 2.05) is 0 Å². The maximum absolute atomic E-state index is 13.3. The molecule has 0 saturated carbocycles. The van der Waals surface area contributed by atoms with E-state index < -0.39 is 17.2 Å². The van der Waals surface area contributed by atoms with Crippen LogP contribution in [0.1, 0.15) is 19.4 Å². The number of halogens is 2. The summed E-state index contributed by atoms with van der Waals surface area (Å²) in [5.74, 6) is -2.05. The number of hydrogen-bond acceptors (Lipinski definition) is 2. The van der Waals surface area contributed by atoms with Crippen LogP contribution >= 0.6 is 0 Å². The molecule has 1 aromatic carbocycles. The lowest BCUT2D eigenvalue weighted by Gasteiger charge is -2.22. The zero-order valence-electron chi connectivity index (χ0n) is 9.60. The molecule has 0 amide bonds. The summed E-state index contributed by atoms with van der Waals surface area (Å²) in [5.41, 5.74) is -0.646. The first kappa shape index (κ1) is 12.8. The standard InChI is InChI=1S/C12H15F2NO/c1-12(2,15-3)10(16)7-8-5-4-6-9(13)11(8)14/h4-6,15H,7H2,1-3H3. The van der Waals surface area contributed by atoms with Crippen LogP contribution in [0.4, 0.5) is 8.78 Å². The second-order valence-electron chi connectivity index (χ2n) is 4.19. The van der Waals surface area contributed by atoms with Gasteiger partial charge in [0, 0.05) is 6.42 Å². The number of hydrogen-bond donors (Lipinski definition) is 1. The molecule has 0 aromatic heterocycles. The molecule has 4 heteroatoms. The second kappa shape index (κ2) is 4.70. The monoisotopic (exact) mass is 227 g/mol. The van der Waals surface area contributed by atoms with Crippen LogP contribution in [0.5, 0.6) is 0 Å². The summed E-state index contributed by atoms with van der Waals surface area (Å²) in [6.45, 7) is 3.40. The van der Waals surface area contributed by atoms with Crippen LogP contribution in [-0.4, -0.2) is 18.4 Å². The Morgan fingerprint density at radius 2 is 2.00 bits per heavy atom. The fourth-order valence-electron chi connectivity index (χ4n) is 1.22. The summed E-state index contributed by atoms with van der Waals surface area (Å²) in [7, 11) is 1.65. The van der Waals surface area contributed by atoms with Gasteiger partial charge in [-0.3, -0.25) is 4.79 Å². The van der Waals surface area contributed by atoms with Gasteiger partial charge in [-0.25, -0.2) is 8.78 Å². The fraction of sp³-hybridized carbons (Fsp3) is 0.417. The van der Waals surface area contributed by atoms with E-state index in [9.17, 15) is 13.6 Å². The first-order valence-electron chi connectivity index (χ1n) is 5.03. The van der Waals surface area contributed by atoms with Crippen LogP contribution in [0.25, 0.3) is 0 Å². The smallest absolute Gasteiger partial charge is 0.162 e. The van der Waals surface area contributed by atoms with Crippen molar-refractivity contribution >= 4 is 5.78 Å². The highest BCUT2D eigenvalue weighted by molar-refractivity contribution is 5.89. The Hall–Kier alpha value is -1.29. The molecule has 16 heavy (non-hydrogen) atoms. The van der Waals surface area contributed by atoms with Gasteiger partial charge in [-0.15, -0.1) is 0 Å². The van der Waals surface area contributed by atoms with E-state index in [1.54, 1.807) is 20.9 Å². The zero-order chi connectivity index (χ0) is 12.3. The Morgan fingerprint density at radius 1 is 1.38 bits per heavy atom. The Balaban J connectivity index is 2.90. The Kier molecular flexibility index (Phi) is 3.75. The van der Waals surface area contributed by atoms with Crippen molar-refractivity contribution in [1.29, 1.82) is 0 Å². The molecule has 1 rings (SSSR count). The van der Waals surface area contributed by atoms with Gasteiger partial charge in [-0.05, 0) is 32.5 Å². The summed E-state index contributed by atoms with van der Waals surface area (Å²) in [4.78, 5) is 11.8. The van der Waals surface area contributed by atoms with Crippen LogP contribution < -0.4 is 5.32 Å². The fourth-order valence-corrected chi connectivity index (χ4v) is 1.22. The third-order valence-corrected chi connectivity index (χ3v) is 2.70. The molecule has 0 radical (unpaired) electrons. The van der Waals surface area contributed by atoms with Crippen molar-refractivity contribution in [2.75, 3.05) is 7.05 Å². The number of likely N-dealkylation sites (N-methyl/N-ethyl adjacent to an activating group) is 1. The second-order valence-corrected chi connectivity index (χ2v) is 4.19. The summed E-state index contributed by atoms with van der Waals surface area (Å²) in [5, 5.41) is 2.83. The van der Waals surface area contributed by atoms with Crippen molar-refractivity contribution in [3.8, 4) is 0 Å². The molecule has 0 saturated heterocycles. The molecule has 1 aromatic rings. The van der Waals surface area contributed by atoms with Crippen molar-refractivity contribution in [3.63, 3.8) is 0 Å². The average molecular weight is 227 g/mol. The van der Waals surface area contributed by atoms with Crippen LogP contribution in [-0.2, 0) is 11.2 Å². The lowest BCUT2D eigenvalue weighted by molar-refractivity contribution is -0.123. The van der Waals surface area contributed by atoms with Gasteiger partial charge in [0.25, 0.3) is 0 Å². The van der Waals surface area contributed by atoms with Gasteiger partial charge >= 0.3 is 0 Å². The number of ketones is 1. The molecule has 0 heterocycles. The Labute approximate surface area is 93.7 Å². The van der Waals surface area contributed by atoms with Crippen LogP contribution in [0, 0.1) is 11.6 Å². The van der Waals surface area contributed by atoms with E-state index in [-0.39, 0.29) is 17.8 Å². The van der Waals surface area contributed by atoms with Gasteiger partial charge in [0.2, 0.25) is 0 Å². The van der Waals surface area contributed by atoms with E-state index in [0.717, 1.165) is 6.07 Å². The number of Topliss-reactive ketones (excluding diaryl/α,β-unsaturated/α-hetero) is 1. The quantitative estimate of drug-likeness (QED) is 0.853. The van der Waals surface area contributed by atoms with Crippen molar-refractivity contribution < 1.29 is 13.6 Å². The summed E-state index contributed by atoms with van der Waals surface area (Å²) in [6.07, 6.45) is -0.114. The summed E-state index contributed by atoms with van der Waals surface area (Å²) < 4.78 is 26.2. The van der Waals surface area contributed by atoms with Gasteiger partial charge in [-0.2, -0.15) is 0 Å². The number of carbonyl (C=O) groups is 1. The minimum Gasteiger partial charge on any atom is -0.308 e. The molecule has 0 aliphatic heterocycles. The predicted molar refractivity (Wildman–Crippen MR) is 58.2 cm³/mol. The third kappa shape index (κ3) is 2.64. The van der Waals surface area contributed by atoms with Gasteiger partial charge < -0.3 is 5.32 Å². The van der Waals surface area contributed by atoms with Crippen molar-refractivity contribution in [1.82, 2.24) is 5.32 Å². The van der Waals surface area contributed by atoms with Crippen molar-refractivity contribution in [2.24, 2.45) is 0 Å². The van der Waals surface area contributed by atoms with Gasteiger partial charge in [0.05, 0.1) is 5.54 Å². The summed E-state index contributed by atoms with van der Waals surface area (Å²) >= 11 is 0. The highest BCUT2D eigenvalue weighted by atomic mass is 19.2. The molecular weight excluding hydrogens is 212 g/mol. The van der Waals surface area contributed by atoms with Gasteiger partial charge in [0.1, 0.15) is 0 Å². The Morgan fingerprint density at radius 3 is 2.56 bits per heavy atom. The Bertz CT molecular complexity index is 402. The minimum atomic E-state index is -0.942. The van der Waals surface area contributed by atoms with E-state index in [1.165, 1.54) is 12.1 Å². The lowest BCUT2D eigenvalue weighted by Crippen LogP contribution is -2.45. The van der Waals surface area contributed by atoms with E-state index in [2.05, 4.69) is 5.32 Å². The largest absolute Gasteiger partial charge is 0.308 e. The molecule has 1 N–H and O–H groups in total. The molecule has 0 unspecified atom stereocenters. The van der Waals surface area contributed by atoms with E-state index >= 15 is 0 Å². The molecule has 0 spiro atoms. The molecule has 0 aliphatic rings. The van der Waals surface area contributed by atoms with Crippen LogP contribution in [0.2, 0.25) is 0 Å². The normalized spacial score (nSPS) is 11.6. The topological polar surface area (TPSA) is 29.1 Å². The maximum Gasteiger partial charge on any atom is 0.162 e. The molecule has 0 bridgehead atoms. The number of carbonyl (C=O) groups excluding carboxylic acids is 1. The molecule has 88 valence electrons. The summed E-state index contributed by atoms with van der Waals surface area (Å²) in [6, 6.07) is 3.85. The van der Waals surface area contributed by atoms with Gasteiger partial charge in [0.15, 0.2) is 17.4 Å². The molecule has 0 aliphatic carbocycles. The number of benzene rings is 1. The molecule has 0 fully saturated rings.